The summed E-state index contributed by atoms with van der Waals surface area (Å²) in [6.45, 7) is 0. The maximum absolute atomic E-state index is 5.16. The molecule has 5 nitrogen and oxygen atoms in total. The van der Waals surface area contributed by atoms with Crippen LogP contribution in [0.1, 0.15) is 29.0 Å². The number of fused-ring (bicyclic) bond motifs is 7. The number of amidine groups is 1. The largest absolute Gasteiger partial charge is 0.350 e. The number of rotatable bonds is 5. The zero-order chi connectivity index (χ0) is 34.4. The number of anilines is 3. The van der Waals surface area contributed by atoms with Gasteiger partial charge in [0.25, 0.3) is 0 Å². The SMILES string of the molecule is c1ccc(C2=NC(c3ccccc3)NC(c3ccc4c(c3)c3c(n4-c4ccccc4)-c4ccccc4N(c4ccccc4)c4ccccc4-3)N2)cc1. The molecule has 0 amide bonds. The van der Waals surface area contributed by atoms with E-state index in [1.165, 1.54) is 27.8 Å². The summed E-state index contributed by atoms with van der Waals surface area (Å²) in [5.41, 5.74) is 13.8. The van der Waals surface area contributed by atoms with E-state index in [1.807, 2.05) is 6.07 Å². The molecule has 0 fully saturated rings. The van der Waals surface area contributed by atoms with E-state index in [4.69, 9.17) is 4.99 Å². The molecular weight excluding hydrogens is 635 g/mol. The van der Waals surface area contributed by atoms with Crippen molar-refractivity contribution in [1.29, 1.82) is 0 Å². The zero-order valence-electron chi connectivity index (χ0n) is 28.4. The summed E-state index contributed by atoms with van der Waals surface area (Å²) in [7, 11) is 0. The van der Waals surface area contributed by atoms with Gasteiger partial charge in [0, 0.05) is 39.0 Å². The molecule has 5 heteroatoms. The van der Waals surface area contributed by atoms with Crippen molar-refractivity contribution < 1.29 is 0 Å². The molecule has 52 heavy (non-hydrogen) atoms. The third-order valence-corrected chi connectivity index (χ3v) is 10.2. The van der Waals surface area contributed by atoms with Crippen molar-refractivity contribution in [3.8, 4) is 28.1 Å². The van der Waals surface area contributed by atoms with Crippen LogP contribution in [-0.2, 0) is 0 Å². The molecule has 1 aromatic heterocycles. The molecule has 0 saturated heterocycles. The van der Waals surface area contributed by atoms with E-state index in [2.05, 4.69) is 202 Å². The maximum Gasteiger partial charge on any atom is 0.131 e. The Morgan fingerprint density at radius 3 is 1.79 bits per heavy atom. The highest BCUT2D eigenvalue weighted by Gasteiger charge is 2.32. The van der Waals surface area contributed by atoms with Gasteiger partial charge in [-0.1, -0.05) is 140 Å². The van der Waals surface area contributed by atoms with Crippen LogP contribution in [0.2, 0.25) is 0 Å². The highest BCUT2D eigenvalue weighted by atomic mass is 15.3. The number of para-hydroxylation sites is 4. The normalized spacial score (nSPS) is 16.2. The van der Waals surface area contributed by atoms with E-state index < -0.39 is 0 Å². The molecule has 3 heterocycles. The van der Waals surface area contributed by atoms with Gasteiger partial charge in [-0.15, -0.1) is 0 Å². The van der Waals surface area contributed by atoms with Crippen LogP contribution in [0.25, 0.3) is 39.0 Å². The number of hydrogen-bond acceptors (Lipinski definition) is 4. The fourth-order valence-electron chi connectivity index (χ4n) is 7.87. The molecule has 2 aliphatic rings. The Balaban J connectivity index is 1.23. The van der Waals surface area contributed by atoms with E-state index >= 15 is 0 Å². The van der Waals surface area contributed by atoms with Gasteiger partial charge in [0.05, 0.1) is 22.6 Å². The van der Waals surface area contributed by atoms with Crippen LogP contribution in [0, 0.1) is 0 Å². The Hall–Kier alpha value is -6.69. The van der Waals surface area contributed by atoms with Gasteiger partial charge < -0.3 is 14.8 Å². The molecular formula is C47H35N5. The van der Waals surface area contributed by atoms with Crippen molar-refractivity contribution in [1.82, 2.24) is 15.2 Å². The minimum absolute atomic E-state index is 0.188. The maximum atomic E-state index is 5.16. The number of hydrogen-bond donors (Lipinski definition) is 2. The summed E-state index contributed by atoms with van der Waals surface area (Å²) in [5.74, 6) is 0.872. The predicted octanol–water partition coefficient (Wildman–Crippen LogP) is 11.1. The van der Waals surface area contributed by atoms with Gasteiger partial charge in [-0.05, 0) is 59.7 Å². The van der Waals surface area contributed by atoms with E-state index in [9.17, 15) is 0 Å². The second kappa shape index (κ2) is 12.6. The second-order valence-electron chi connectivity index (χ2n) is 13.3. The van der Waals surface area contributed by atoms with Crippen molar-refractivity contribution in [2.75, 3.05) is 4.90 Å². The van der Waals surface area contributed by atoms with Crippen LogP contribution in [-0.4, -0.2) is 10.4 Å². The van der Waals surface area contributed by atoms with Crippen molar-refractivity contribution in [3.63, 3.8) is 0 Å². The van der Waals surface area contributed by atoms with Gasteiger partial charge in [0.1, 0.15) is 18.2 Å². The topological polar surface area (TPSA) is 44.6 Å². The lowest BCUT2D eigenvalue weighted by molar-refractivity contribution is 0.409. The van der Waals surface area contributed by atoms with Gasteiger partial charge in [-0.3, -0.25) is 5.32 Å². The summed E-state index contributed by atoms with van der Waals surface area (Å²) in [6.07, 6.45) is -0.399. The first-order valence-electron chi connectivity index (χ1n) is 17.8. The highest BCUT2D eigenvalue weighted by Crippen LogP contribution is 2.54. The molecule has 10 rings (SSSR count). The molecule has 7 aromatic carbocycles. The average molecular weight is 670 g/mol. The number of aliphatic imine (C=N–C) groups is 1. The third kappa shape index (κ3) is 5.02. The third-order valence-electron chi connectivity index (χ3n) is 10.2. The molecule has 2 unspecified atom stereocenters. The van der Waals surface area contributed by atoms with E-state index in [1.54, 1.807) is 0 Å². The molecule has 2 atom stereocenters. The van der Waals surface area contributed by atoms with Gasteiger partial charge in [0.15, 0.2) is 0 Å². The number of aromatic nitrogens is 1. The Morgan fingerprint density at radius 2 is 1.08 bits per heavy atom. The molecule has 0 aliphatic carbocycles. The number of nitrogens with zero attached hydrogens (tertiary/aromatic N) is 3. The fraction of sp³-hybridized carbons (Fsp3) is 0.0426. The molecule has 0 saturated carbocycles. The van der Waals surface area contributed by atoms with Crippen molar-refractivity contribution >= 4 is 33.8 Å². The van der Waals surface area contributed by atoms with E-state index in [-0.39, 0.29) is 12.3 Å². The summed E-state index contributed by atoms with van der Waals surface area (Å²) in [4.78, 5) is 7.57. The fourth-order valence-corrected chi connectivity index (χ4v) is 7.87. The highest BCUT2D eigenvalue weighted by molar-refractivity contribution is 6.13. The quantitative estimate of drug-likeness (QED) is 0.192. The first kappa shape index (κ1) is 30.2. The van der Waals surface area contributed by atoms with E-state index in [0.29, 0.717) is 0 Å². The van der Waals surface area contributed by atoms with E-state index in [0.717, 1.165) is 50.8 Å². The molecule has 2 aliphatic heterocycles. The molecule has 2 N–H and O–H groups in total. The van der Waals surface area contributed by atoms with Crippen molar-refractivity contribution in [3.05, 3.63) is 205 Å². The number of benzene rings is 7. The average Bonchev–Trinajstić information content (AvgIpc) is 3.50. The zero-order valence-corrected chi connectivity index (χ0v) is 28.4. The van der Waals surface area contributed by atoms with Crippen LogP contribution < -0.4 is 15.5 Å². The minimum Gasteiger partial charge on any atom is -0.350 e. The first-order valence-corrected chi connectivity index (χ1v) is 17.8. The Kier molecular flexibility index (Phi) is 7.29. The summed E-state index contributed by atoms with van der Waals surface area (Å²) < 4.78 is 2.45. The van der Waals surface area contributed by atoms with Gasteiger partial charge in [-0.2, -0.15) is 0 Å². The lowest BCUT2D eigenvalue weighted by Crippen LogP contribution is -2.44. The smallest absolute Gasteiger partial charge is 0.131 e. The standard InChI is InChI=1S/C47H35N5/c1-5-17-32(18-6-1)45-48-46(33-19-7-2-8-20-33)50-47(49-45)34-29-30-42-39(31-34)43-37-25-13-15-27-40(37)51(35-21-9-3-10-22-35)41-28-16-14-26-38(41)44(43)52(42)36-23-11-4-12-24-36/h1-31,45,47,49H,(H,48,50). The van der Waals surface area contributed by atoms with Crippen molar-refractivity contribution in [2.24, 2.45) is 4.99 Å². The summed E-state index contributed by atoms with van der Waals surface area (Å²) in [6, 6.07) is 66.9. The van der Waals surface area contributed by atoms with Crippen LogP contribution in [0.15, 0.2) is 193 Å². The predicted molar refractivity (Wildman–Crippen MR) is 214 cm³/mol. The second-order valence-corrected chi connectivity index (χ2v) is 13.3. The lowest BCUT2D eigenvalue weighted by atomic mass is 9.96. The molecule has 0 bridgehead atoms. The monoisotopic (exact) mass is 669 g/mol. The molecule has 0 radical (unpaired) electrons. The molecule has 0 spiro atoms. The van der Waals surface area contributed by atoms with Crippen LogP contribution in [0.5, 0.6) is 0 Å². The summed E-state index contributed by atoms with van der Waals surface area (Å²) in [5, 5.41) is 8.79. The molecule has 8 aromatic rings. The molecule has 248 valence electrons. The van der Waals surface area contributed by atoms with Gasteiger partial charge in [-0.25, -0.2) is 4.99 Å². The number of nitrogens with one attached hydrogen (secondary N) is 2. The lowest BCUT2D eigenvalue weighted by Gasteiger charge is -2.32. The Bertz CT molecular complexity index is 2580. The van der Waals surface area contributed by atoms with Crippen molar-refractivity contribution in [2.45, 2.75) is 12.3 Å². The first-order chi connectivity index (χ1) is 25.8. The summed E-state index contributed by atoms with van der Waals surface area (Å²) >= 11 is 0. The minimum atomic E-state index is -0.212. The Morgan fingerprint density at radius 1 is 0.500 bits per heavy atom. The van der Waals surface area contributed by atoms with Crippen LogP contribution in [0.3, 0.4) is 0 Å². The van der Waals surface area contributed by atoms with Gasteiger partial charge >= 0.3 is 0 Å². The van der Waals surface area contributed by atoms with Crippen LogP contribution in [0.4, 0.5) is 17.1 Å². The van der Waals surface area contributed by atoms with Crippen LogP contribution >= 0.6 is 0 Å². The Labute approximate surface area is 303 Å². The van der Waals surface area contributed by atoms with Gasteiger partial charge in [0.2, 0.25) is 0 Å².